The molecule has 156 valence electrons. The van der Waals surface area contributed by atoms with E-state index in [9.17, 15) is 14.0 Å². The van der Waals surface area contributed by atoms with Crippen molar-refractivity contribution in [1.82, 2.24) is 15.1 Å². The molecular formula is C22H15ClFN3O3S. The maximum atomic E-state index is 14.1. The van der Waals surface area contributed by atoms with Crippen LogP contribution in [0.25, 0.3) is 16.3 Å². The third kappa shape index (κ3) is 4.50. The number of thiophene rings is 1. The van der Waals surface area contributed by atoms with Crippen LogP contribution >= 0.6 is 22.9 Å². The van der Waals surface area contributed by atoms with Crippen molar-refractivity contribution < 1.29 is 19.1 Å². The lowest BCUT2D eigenvalue weighted by Crippen LogP contribution is -2.23. The van der Waals surface area contributed by atoms with Crippen LogP contribution in [0.2, 0.25) is 4.34 Å². The molecule has 2 N–H and O–H groups in total. The number of benzene rings is 2. The van der Waals surface area contributed by atoms with Crippen LogP contribution in [-0.2, 0) is 6.54 Å². The SMILES string of the molecule is O=C(O)c1ccc(F)c(CNC(=O)c2cn(-c3ccccc3)nc2-c2ccc(Cl)s2)c1. The average Bonchev–Trinajstić information content (AvgIpc) is 3.40. The lowest BCUT2D eigenvalue weighted by atomic mass is 10.1. The summed E-state index contributed by atoms with van der Waals surface area (Å²) >= 11 is 7.35. The second-order valence-electron chi connectivity index (χ2n) is 6.57. The van der Waals surface area contributed by atoms with E-state index >= 15 is 0 Å². The molecule has 9 heteroatoms. The Kier molecular flexibility index (Phi) is 5.83. The van der Waals surface area contributed by atoms with Gasteiger partial charge in [-0.2, -0.15) is 5.10 Å². The molecule has 0 aliphatic carbocycles. The molecule has 0 radical (unpaired) electrons. The number of aromatic carboxylic acids is 1. The predicted molar refractivity (Wildman–Crippen MR) is 116 cm³/mol. The quantitative estimate of drug-likeness (QED) is 0.427. The summed E-state index contributed by atoms with van der Waals surface area (Å²) in [7, 11) is 0. The maximum Gasteiger partial charge on any atom is 0.335 e. The summed E-state index contributed by atoms with van der Waals surface area (Å²) < 4.78 is 16.2. The monoisotopic (exact) mass is 455 g/mol. The fourth-order valence-corrected chi connectivity index (χ4v) is 4.03. The van der Waals surface area contributed by atoms with Gasteiger partial charge in [0.15, 0.2) is 0 Å². The van der Waals surface area contributed by atoms with Gasteiger partial charge in [0.25, 0.3) is 5.91 Å². The van der Waals surface area contributed by atoms with Crippen molar-refractivity contribution in [3.05, 3.63) is 93.7 Å². The van der Waals surface area contributed by atoms with Gasteiger partial charge in [-0.1, -0.05) is 29.8 Å². The Balaban J connectivity index is 1.65. The molecule has 4 aromatic rings. The number of amides is 1. The number of para-hydroxylation sites is 1. The molecule has 31 heavy (non-hydrogen) atoms. The van der Waals surface area contributed by atoms with Gasteiger partial charge in [0, 0.05) is 18.3 Å². The van der Waals surface area contributed by atoms with Crippen LogP contribution in [-0.4, -0.2) is 26.8 Å². The lowest BCUT2D eigenvalue weighted by Gasteiger charge is -2.07. The molecule has 0 fully saturated rings. The molecule has 2 heterocycles. The van der Waals surface area contributed by atoms with Gasteiger partial charge in [0.05, 0.1) is 26.0 Å². The first-order chi connectivity index (χ1) is 14.9. The maximum absolute atomic E-state index is 14.1. The molecule has 2 aromatic heterocycles. The Morgan fingerprint density at radius 1 is 1.13 bits per heavy atom. The highest BCUT2D eigenvalue weighted by molar-refractivity contribution is 7.19. The topological polar surface area (TPSA) is 84.2 Å². The molecule has 0 aliphatic rings. The zero-order valence-electron chi connectivity index (χ0n) is 15.9. The number of carbonyl (C=O) groups is 2. The summed E-state index contributed by atoms with van der Waals surface area (Å²) in [5.41, 5.74) is 1.52. The molecule has 2 aromatic carbocycles. The Morgan fingerprint density at radius 2 is 1.90 bits per heavy atom. The molecule has 0 unspecified atom stereocenters. The van der Waals surface area contributed by atoms with Crippen molar-refractivity contribution in [2.75, 3.05) is 0 Å². The van der Waals surface area contributed by atoms with Gasteiger partial charge in [-0.05, 0) is 42.5 Å². The van der Waals surface area contributed by atoms with Crippen LogP contribution in [0, 0.1) is 5.82 Å². The number of carbonyl (C=O) groups excluding carboxylic acids is 1. The van der Waals surface area contributed by atoms with E-state index in [1.807, 2.05) is 30.3 Å². The van der Waals surface area contributed by atoms with Crippen molar-refractivity contribution in [1.29, 1.82) is 0 Å². The van der Waals surface area contributed by atoms with E-state index in [2.05, 4.69) is 10.4 Å². The summed E-state index contributed by atoms with van der Waals surface area (Å²) in [6, 6.07) is 16.2. The lowest BCUT2D eigenvalue weighted by molar-refractivity contribution is 0.0696. The minimum Gasteiger partial charge on any atom is -0.478 e. The highest BCUT2D eigenvalue weighted by Gasteiger charge is 2.20. The van der Waals surface area contributed by atoms with Gasteiger partial charge in [-0.25, -0.2) is 13.9 Å². The second-order valence-corrected chi connectivity index (χ2v) is 8.28. The molecule has 6 nitrogen and oxygen atoms in total. The summed E-state index contributed by atoms with van der Waals surface area (Å²) in [4.78, 5) is 24.8. The zero-order chi connectivity index (χ0) is 22.0. The van der Waals surface area contributed by atoms with Crippen LogP contribution in [0.15, 0.2) is 66.9 Å². The number of carboxylic acids is 1. The van der Waals surface area contributed by atoms with Gasteiger partial charge >= 0.3 is 5.97 Å². The van der Waals surface area contributed by atoms with Crippen molar-refractivity contribution in [2.24, 2.45) is 0 Å². The number of rotatable bonds is 6. The van der Waals surface area contributed by atoms with E-state index in [1.54, 1.807) is 23.0 Å². The normalized spacial score (nSPS) is 10.8. The predicted octanol–water partition coefficient (Wildman–Crippen LogP) is 5.02. The molecule has 4 rings (SSSR count). The summed E-state index contributed by atoms with van der Waals surface area (Å²) in [5, 5.41) is 16.3. The fourth-order valence-electron chi connectivity index (χ4n) is 2.99. The number of hydrogen-bond acceptors (Lipinski definition) is 4. The van der Waals surface area contributed by atoms with E-state index in [1.165, 1.54) is 23.5 Å². The Bertz CT molecular complexity index is 1270. The van der Waals surface area contributed by atoms with Gasteiger partial charge in [-0.15, -0.1) is 11.3 Å². The van der Waals surface area contributed by atoms with Gasteiger partial charge < -0.3 is 10.4 Å². The van der Waals surface area contributed by atoms with Crippen molar-refractivity contribution in [3.63, 3.8) is 0 Å². The van der Waals surface area contributed by atoms with Gasteiger partial charge in [-0.3, -0.25) is 4.79 Å². The van der Waals surface area contributed by atoms with E-state index in [4.69, 9.17) is 16.7 Å². The minimum atomic E-state index is -1.17. The van der Waals surface area contributed by atoms with E-state index in [0.717, 1.165) is 11.8 Å². The van der Waals surface area contributed by atoms with Crippen molar-refractivity contribution in [2.45, 2.75) is 6.54 Å². The van der Waals surface area contributed by atoms with E-state index < -0.39 is 17.7 Å². The summed E-state index contributed by atoms with van der Waals surface area (Å²) in [5.74, 6) is -2.24. The Morgan fingerprint density at radius 3 is 2.58 bits per heavy atom. The molecule has 0 atom stereocenters. The molecule has 1 amide bonds. The number of nitrogens with one attached hydrogen (secondary N) is 1. The standard InChI is InChI=1S/C22H15ClFN3O3S/c23-19-9-8-18(31-19)20-16(12-27(26-20)15-4-2-1-3-5-15)21(28)25-11-14-10-13(22(29)30)6-7-17(14)24/h1-10,12H,11H2,(H,25,28)(H,29,30). The number of carboxylic acid groups (broad SMARTS) is 1. The second kappa shape index (κ2) is 8.71. The van der Waals surface area contributed by atoms with Gasteiger partial charge in [0.2, 0.25) is 0 Å². The van der Waals surface area contributed by atoms with Crippen molar-refractivity contribution in [3.8, 4) is 16.3 Å². The van der Waals surface area contributed by atoms with Crippen molar-refractivity contribution >= 4 is 34.8 Å². The van der Waals surface area contributed by atoms with E-state index in [-0.39, 0.29) is 23.2 Å². The summed E-state index contributed by atoms with van der Waals surface area (Å²) in [6.07, 6.45) is 1.59. The fraction of sp³-hybridized carbons (Fsp3) is 0.0455. The molecule has 0 bridgehead atoms. The molecule has 0 aliphatic heterocycles. The smallest absolute Gasteiger partial charge is 0.335 e. The van der Waals surface area contributed by atoms with Crippen LogP contribution in [0.3, 0.4) is 0 Å². The Hall–Kier alpha value is -3.49. The van der Waals surface area contributed by atoms with Crippen LogP contribution < -0.4 is 5.32 Å². The van der Waals surface area contributed by atoms with Crippen LogP contribution in [0.5, 0.6) is 0 Å². The molecule has 0 saturated carbocycles. The number of nitrogens with zero attached hydrogens (tertiary/aromatic N) is 2. The zero-order valence-corrected chi connectivity index (χ0v) is 17.5. The third-order valence-electron chi connectivity index (χ3n) is 4.52. The first-order valence-corrected chi connectivity index (χ1v) is 10.3. The average molecular weight is 456 g/mol. The molecular weight excluding hydrogens is 441 g/mol. The van der Waals surface area contributed by atoms with Crippen LogP contribution in [0.4, 0.5) is 4.39 Å². The van der Waals surface area contributed by atoms with Crippen LogP contribution in [0.1, 0.15) is 26.3 Å². The number of aromatic nitrogens is 2. The molecule has 0 spiro atoms. The highest BCUT2D eigenvalue weighted by Crippen LogP contribution is 2.32. The van der Waals surface area contributed by atoms with E-state index in [0.29, 0.717) is 14.9 Å². The first kappa shape index (κ1) is 20.8. The minimum absolute atomic E-state index is 0.0588. The largest absolute Gasteiger partial charge is 0.478 e. The number of halogens is 2. The number of hydrogen-bond donors (Lipinski definition) is 2. The first-order valence-electron chi connectivity index (χ1n) is 9.13. The Labute approximate surface area is 185 Å². The van der Waals surface area contributed by atoms with Gasteiger partial charge in [0.1, 0.15) is 11.5 Å². The summed E-state index contributed by atoms with van der Waals surface area (Å²) in [6.45, 7) is -0.174. The molecule has 0 saturated heterocycles. The highest BCUT2D eigenvalue weighted by atomic mass is 35.5. The third-order valence-corrected chi connectivity index (χ3v) is 5.76.